The molecule has 1 aromatic rings. The Balaban J connectivity index is 2.29. The van der Waals surface area contributed by atoms with E-state index in [1.807, 2.05) is 26.8 Å². The molecule has 118 valence electrons. The number of ether oxygens (including phenoxy) is 1. The zero-order valence-electron chi connectivity index (χ0n) is 13.0. The van der Waals surface area contributed by atoms with Crippen molar-refractivity contribution < 1.29 is 19.1 Å². The Labute approximate surface area is 133 Å². The number of nitrogens with zero attached hydrogens (tertiary/aromatic N) is 2. The average Bonchev–Trinajstić information content (AvgIpc) is 2.89. The SMILES string of the molecule is CCn1c(C)cc(/C=C2\SC(=O)N(CC(=O)OC)C2=O)c1C. The van der Waals surface area contributed by atoms with Crippen LogP contribution >= 0.6 is 11.8 Å². The first-order valence-corrected chi connectivity index (χ1v) is 7.69. The van der Waals surface area contributed by atoms with Crippen molar-refractivity contribution in [1.82, 2.24) is 9.47 Å². The summed E-state index contributed by atoms with van der Waals surface area (Å²) in [6.45, 7) is 6.51. The molecule has 0 unspecified atom stereocenters. The summed E-state index contributed by atoms with van der Waals surface area (Å²) < 4.78 is 6.63. The lowest BCUT2D eigenvalue weighted by atomic mass is 10.2. The summed E-state index contributed by atoms with van der Waals surface area (Å²) in [4.78, 5) is 36.6. The summed E-state index contributed by atoms with van der Waals surface area (Å²) >= 11 is 0.842. The van der Waals surface area contributed by atoms with Crippen LogP contribution in [0.15, 0.2) is 11.0 Å². The molecule has 0 N–H and O–H groups in total. The second-order valence-corrected chi connectivity index (χ2v) is 5.91. The van der Waals surface area contributed by atoms with Crippen molar-refractivity contribution in [2.45, 2.75) is 27.3 Å². The van der Waals surface area contributed by atoms with E-state index < -0.39 is 17.1 Å². The molecule has 0 saturated carbocycles. The van der Waals surface area contributed by atoms with E-state index in [0.29, 0.717) is 4.91 Å². The number of esters is 1. The molecule has 1 aromatic heterocycles. The molecule has 0 spiro atoms. The lowest BCUT2D eigenvalue weighted by Crippen LogP contribution is -2.34. The number of rotatable bonds is 4. The lowest BCUT2D eigenvalue weighted by molar-refractivity contribution is -0.143. The van der Waals surface area contributed by atoms with E-state index in [9.17, 15) is 14.4 Å². The second kappa shape index (κ2) is 6.39. The first-order chi connectivity index (χ1) is 10.4. The van der Waals surface area contributed by atoms with Crippen molar-refractivity contribution in [2.24, 2.45) is 0 Å². The molecule has 1 aliphatic heterocycles. The van der Waals surface area contributed by atoms with Gasteiger partial charge in [0.2, 0.25) is 0 Å². The van der Waals surface area contributed by atoms with Crippen LogP contribution in [-0.2, 0) is 20.9 Å². The molecule has 0 bridgehead atoms. The normalized spacial score (nSPS) is 16.7. The number of imide groups is 1. The van der Waals surface area contributed by atoms with Gasteiger partial charge >= 0.3 is 5.97 Å². The molecule has 0 aromatic carbocycles. The van der Waals surface area contributed by atoms with Crippen LogP contribution < -0.4 is 0 Å². The van der Waals surface area contributed by atoms with Gasteiger partial charge in [-0.15, -0.1) is 0 Å². The molecule has 22 heavy (non-hydrogen) atoms. The minimum atomic E-state index is -0.618. The Hall–Kier alpha value is -2.02. The van der Waals surface area contributed by atoms with Gasteiger partial charge in [-0.25, -0.2) is 0 Å². The molecular weight excluding hydrogens is 304 g/mol. The Morgan fingerprint density at radius 1 is 1.36 bits per heavy atom. The second-order valence-electron chi connectivity index (χ2n) is 4.91. The lowest BCUT2D eigenvalue weighted by Gasteiger charge is -2.09. The maximum Gasteiger partial charge on any atom is 0.325 e. The Kier molecular flexibility index (Phi) is 4.75. The van der Waals surface area contributed by atoms with Gasteiger partial charge in [0.05, 0.1) is 12.0 Å². The molecule has 2 rings (SSSR count). The van der Waals surface area contributed by atoms with E-state index in [2.05, 4.69) is 9.30 Å². The summed E-state index contributed by atoms with van der Waals surface area (Å²) in [5.74, 6) is -1.07. The van der Waals surface area contributed by atoms with Crippen LogP contribution in [0, 0.1) is 13.8 Å². The molecule has 2 heterocycles. The highest BCUT2D eigenvalue weighted by molar-refractivity contribution is 8.18. The van der Waals surface area contributed by atoms with Gasteiger partial charge in [0.15, 0.2) is 0 Å². The van der Waals surface area contributed by atoms with Crippen molar-refractivity contribution in [3.63, 3.8) is 0 Å². The molecule has 1 aliphatic rings. The summed E-state index contributed by atoms with van der Waals surface area (Å²) in [6, 6.07) is 1.98. The number of amides is 2. The summed E-state index contributed by atoms with van der Waals surface area (Å²) in [7, 11) is 1.22. The number of carbonyl (C=O) groups is 3. The number of aryl methyl sites for hydroxylation is 1. The zero-order valence-corrected chi connectivity index (χ0v) is 13.8. The predicted octanol–water partition coefficient (Wildman–Crippen LogP) is 2.33. The number of methoxy groups -OCH3 is 1. The molecule has 1 saturated heterocycles. The monoisotopic (exact) mass is 322 g/mol. The Morgan fingerprint density at radius 2 is 2.05 bits per heavy atom. The number of thioether (sulfide) groups is 1. The van der Waals surface area contributed by atoms with E-state index in [0.717, 1.165) is 40.2 Å². The Bertz CT molecular complexity index is 675. The minimum absolute atomic E-state index is 0.324. The average molecular weight is 322 g/mol. The van der Waals surface area contributed by atoms with Gasteiger partial charge < -0.3 is 9.30 Å². The van der Waals surface area contributed by atoms with Crippen molar-refractivity contribution in [1.29, 1.82) is 0 Å². The topological polar surface area (TPSA) is 68.6 Å². The molecule has 2 amide bonds. The minimum Gasteiger partial charge on any atom is -0.468 e. The first kappa shape index (κ1) is 16.4. The zero-order chi connectivity index (χ0) is 16.4. The number of aromatic nitrogens is 1. The molecular formula is C15H18N2O4S. The highest BCUT2D eigenvalue weighted by Gasteiger charge is 2.36. The fraction of sp³-hybridized carbons (Fsp3) is 0.400. The molecule has 0 radical (unpaired) electrons. The van der Waals surface area contributed by atoms with E-state index in [1.54, 1.807) is 6.08 Å². The molecule has 0 atom stereocenters. The number of carbonyl (C=O) groups excluding carboxylic acids is 3. The van der Waals surface area contributed by atoms with Crippen LogP contribution in [0.25, 0.3) is 6.08 Å². The van der Waals surface area contributed by atoms with Gasteiger partial charge in [0, 0.05) is 17.9 Å². The van der Waals surface area contributed by atoms with E-state index in [-0.39, 0.29) is 6.54 Å². The summed E-state index contributed by atoms with van der Waals surface area (Å²) in [6.07, 6.45) is 1.71. The van der Waals surface area contributed by atoms with Gasteiger partial charge in [-0.3, -0.25) is 19.3 Å². The van der Waals surface area contributed by atoms with Gasteiger partial charge in [0.1, 0.15) is 6.54 Å². The van der Waals surface area contributed by atoms with E-state index in [4.69, 9.17) is 0 Å². The largest absolute Gasteiger partial charge is 0.468 e. The fourth-order valence-electron chi connectivity index (χ4n) is 2.43. The third-order valence-corrected chi connectivity index (χ3v) is 4.51. The van der Waals surface area contributed by atoms with Crippen LogP contribution in [-0.4, -0.2) is 40.2 Å². The van der Waals surface area contributed by atoms with Crippen LogP contribution in [0.4, 0.5) is 4.79 Å². The van der Waals surface area contributed by atoms with E-state index >= 15 is 0 Å². The molecule has 1 fully saturated rings. The fourth-order valence-corrected chi connectivity index (χ4v) is 3.26. The van der Waals surface area contributed by atoms with Crippen molar-refractivity contribution >= 4 is 35.0 Å². The quantitative estimate of drug-likeness (QED) is 0.628. The van der Waals surface area contributed by atoms with Crippen molar-refractivity contribution in [3.05, 3.63) is 27.9 Å². The maximum atomic E-state index is 12.2. The Morgan fingerprint density at radius 3 is 2.59 bits per heavy atom. The highest BCUT2D eigenvalue weighted by Crippen LogP contribution is 2.33. The standard InChI is InChI=1S/C15H18N2O4S/c1-5-16-9(2)6-11(10(16)3)7-12-14(19)17(15(20)22-12)8-13(18)21-4/h6-7H,5,8H2,1-4H3/b12-7-. The third-order valence-electron chi connectivity index (χ3n) is 3.60. The van der Waals surface area contributed by atoms with Gasteiger partial charge in [0.25, 0.3) is 11.1 Å². The summed E-state index contributed by atoms with van der Waals surface area (Å²) in [5.41, 5.74) is 3.04. The smallest absolute Gasteiger partial charge is 0.325 e. The van der Waals surface area contributed by atoms with E-state index in [1.165, 1.54) is 7.11 Å². The summed E-state index contributed by atoms with van der Waals surface area (Å²) in [5, 5.41) is -0.453. The molecule has 7 heteroatoms. The highest BCUT2D eigenvalue weighted by atomic mass is 32.2. The number of hydrogen-bond donors (Lipinski definition) is 0. The first-order valence-electron chi connectivity index (χ1n) is 6.88. The number of hydrogen-bond acceptors (Lipinski definition) is 5. The van der Waals surface area contributed by atoms with Crippen LogP contribution in [0.1, 0.15) is 23.9 Å². The van der Waals surface area contributed by atoms with Gasteiger partial charge in [-0.2, -0.15) is 0 Å². The van der Waals surface area contributed by atoms with Crippen LogP contribution in [0.2, 0.25) is 0 Å². The van der Waals surface area contributed by atoms with Gasteiger partial charge in [-0.1, -0.05) is 0 Å². The van der Waals surface area contributed by atoms with Crippen molar-refractivity contribution in [2.75, 3.05) is 13.7 Å². The molecule has 6 nitrogen and oxygen atoms in total. The van der Waals surface area contributed by atoms with Crippen LogP contribution in [0.3, 0.4) is 0 Å². The van der Waals surface area contributed by atoms with Gasteiger partial charge in [-0.05, 0) is 50.2 Å². The third kappa shape index (κ3) is 2.94. The predicted molar refractivity (Wildman–Crippen MR) is 84.3 cm³/mol. The van der Waals surface area contributed by atoms with Crippen molar-refractivity contribution in [3.8, 4) is 0 Å². The van der Waals surface area contributed by atoms with Crippen LogP contribution in [0.5, 0.6) is 0 Å². The molecule has 0 aliphatic carbocycles. The maximum absolute atomic E-state index is 12.2.